The molecule has 2 aromatic heterocycles. The average Bonchev–Trinajstić information content (AvgIpc) is 3.41. The van der Waals surface area contributed by atoms with E-state index in [4.69, 9.17) is 4.42 Å². The maximum atomic E-state index is 12.6. The molecule has 0 radical (unpaired) electrons. The van der Waals surface area contributed by atoms with E-state index in [-0.39, 0.29) is 17.4 Å². The Morgan fingerprint density at radius 1 is 1.10 bits per heavy atom. The Morgan fingerprint density at radius 2 is 1.90 bits per heavy atom. The Bertz CT molecular complexity index is 1180. The van der Waals surface area contributed by atoms with Crippen LogP contribution in [0.2, 0.25) is 0 Å². The van der Waals surface area contributed by atoms with Crippen LogP contribution in [0.1, 0.15) is 16.9 Å². The lowest BCUT2D eigenvalue weighted by Gasteiger charge is -2.11. The summed E-state index contributed by atoms with van der Waals surface area (Å²) in [6, 6.07) is 16.3. The molecule has 0 fully saturated rings. The Kier molecular flexibility index (Phi) is 6.08. The first-order chi connectivity index (χ1) is 15.0. The number of carbonyl (C=O) groups excluding carboxylic acids is 1. The number of carbonyl (C=O) groups is 1. The number of benzene rings is 2. The fourth-order valence-corrected chi connectivity index (χ4v) is 3.86. The zero-order chi connectivity index (χ0) is 21.8. The van der Waals surface area contributed by atoms with Crippen molar-refractivity contribution in [3.05, 3.63) is 77.7 Å². The van der Waals surface area contributed by atoms with Crippen molar-refractivity contribution in [1.29, 1.82) is 0 Å². The number of thioether (sulfide) groups is 1. The summed E-state index contributed by atoms with van der Waals surface area (Å²) in [4.78, 5) is 12.6. The number of aromatic nitrogens is 3. The van der Waals surface area contributed by atoms with Crippen LogP contribution in [0, 0.1) is 13.8 Å². The summed E-state index contributed by atoms with van der Waals surface area (Å²) < 4.78 is 7.40. The minimum atomic E-state index is -0.113. The number of aryl methyl sites for hydroxylation is 1. The quantitative estimate of drug-likeness (QED) is 0.412. The van der Waals surface area contributed by atoms with Gasteiger partial charge in [-0.1, -0.05) is 23.9 Å². The second-order valence-electron chi connectivity index (χ2n) is 7.10. The molecule has 0 spiro atoms. The summed E-state index contributed by atoms with van der Waals surface area (Å²) in [5.41, 5.74) is 3.80. The normalized spacial score (nSPS) is 10.9. The highest BCUT2D eigenvalue weighted by atomic mass is 32.2. The van der Waals surface area contributed by atoms with Crippen LogP contribution in [-0.4, -0.2) is 31.5 Å². The molecule has 2 aromatic carbocycles. The van der Waals surface area contributed by atoms with Crippen molar-refractivity contribution in [2.75, 3.05) is 11.1 Å². The third kappa shape index (κ3) is 4.80. The van der Waals surface area contributed by atoms with Crippen LogP contribution in [0.25, 0.3) is 11.4 Å². The summed E-state index contributed by atoms with van der Waals surface area (Å²) in [5.74, 6) is 1.64. The maximum absolute atomic E-state index is 12.6. The molecule has 0 bridgehead atoms. The largest absolute Gasteiger partial charge is 0.508 e. The minimum absolute atomic E-state index is 0.113. The van der Waals surface area contributed by atoms with Gasteiger partial charge in [-0.15, -0.1) is 10.2 Å². The van der Waals surface area contributed by atoms with Gasteiger partial charge in [0.05, 0.1) is 18.6 Å². The van der Waals surface area contributed by atoms with Crippen molar-refractivity contribution < 1.29 is 14.3 Å². The number of rotatable bonds is 7. The van der Waals surface area contributed by atoms with Gasteiger partial charge in [0.15, 0.2) is 11.0 Å². The van der Waals surface area contributed by atoms with E-state index in [1.165, 1.54) is 11.8 Å². The molecule has 0 atom stereocenters. The first-order valence-electron chi connectivity index (χ1n) is 9.75. The summed E-state index contributed by atoms with van der Waals surface area (Å²) >= 11 is 1.31. The van der Waals surface area contributed by atoms with Crippen LogP contribution in [0.5, 0.6) is 5.75 Å². The minimum Gasteiger partial charge on any atom is -0.508 e. The molecule has 0 aliphatic heterocycles. The first-order valence-corrected chi connectivity index (χ1v) is 10.7. The number of phenols is 1. The van der Waals surface area contributed by atoms with Crippen molar-refractivity contribution in [2.24, 2.45) is 0 Å². The Labute approximate surface area is 184 Å². The fraction of sp³-hybridized carbons (Fsp3) is 0.174. The molecule has 4 aromatic rings. The van der Waals surface area contributed by atoms with Gasteiger partial charge in [0.2, 0.25) is 5.91 Å². The van der Waals surface area contributed by atoms with E-state index in [0.717, 1.165) is 28.1 Å². The number of amides is 1. The van der Waals surface area contributed by atoms with E-state index in [1.54, 1.807) is 30.5 Å². The third-order valence-electron chi connectivity index (χ3n) is 4.95. The molecule has 0 aliphatic rings. The highest BCUT2D eigenvalue weighted by molar-refractivity contribution is 7.99. The standard InChI is InChI=1S/C23H22N4O3S/c1-15-5-3-7-20(16(15)2)24-21(29)14-31-23-26-25-22(17-8-10-18(28)11-9-17)27(23)13-19-6-4-12-30-19/h3-12,28H,13-14H2,1-2H3,(H,24,29). The van der Waals surface area contributed by atoms with E-state index >= 15 is 0 Å². The summed E-state index contributed by atoms with van der Waals surface area (Å²) in [7, 11) is 0. The van der Waals surface area contributed by atoms with Crippen LogP contribution in [0.3, 0.4) is 0 Å². The first kappa shape index (κ1) is 20.7. The van der Waals surface area contributed by atoms with Gasteiger partial charge in [0, 0.05) is 11.3 Å². The van der Waals surface area contributed by atoms with Gasteiger partial charge >= 0.3 is 0 Å². The zero-order valence-corrected chi connectivity index (χ0v) is 18.0. The highest BCUT2D eigenvalue weighted by Gasteiger charge is 2.17. The number of aromatic hydroxyl groups is 1. The van der Waals surface area contributed by atoms with Gasteiger partial charge in [0.1, 0.15) is 11.5 Å². The third-order valence-corrected chi connectivity index (χ3v) is 5.91. The molecule has 2 heterocycles. The molecule has 158 valence electrons. The van der Waals surface area contributed by atoms with Crippen molar-refractivity contribution >= 4 is 23.4 Å². The number of nitrogens with one attached hydrogen (secondary N) is 1. The topological polar surface area (TPSA) is 93.2 Å². The average molecular weight is 435 g/mol. The lowest BCUT2D eigenvalue weighted by atomic mass is 10.1. The second-order valence-corrected chi connectivity index (χ2v) is 8.05. The molecule has 7 nitrogen and oxygen atoms in total. The molecule has 0 saturated carbocycles. The highest BCUT2D eigenvalue weighted by Crippen LogP contribution is 2.27. The van der Waals surface area contributed by atoms with Gasteiger partial charge < -0.3 is 14.8 Å². The molecule has 31 heavy (non-hydrogen) atoms. The van der Waals surface area contributed by atoms with E-state index in [9.17, 15) is 9.90 Å². The Morgan fingerprint density at radius 3 is 2.65 bits per heavy atom. The van der Waals surface area contributed by atoms with Gasteiger partial charge in [0.25, 0.3) is 0 Å². The summed E-state index contributed by atoms with van der Waals surface area (Å²) in [5, 5.41) is 21.8. The number of phenolic OH excluding ortho intramolecular Hbond substituents is 1. The van der Waals surface area contributed by atoms with Gasteiger partial charge in [-0.05, 0) is 67.4 Å². The van der Waals surface area contributed by atoms with Crippen molar-refractivity contribution in [3.63, 3.8) is 0 Å². The molecular weight excluding hydrogens is 412 g/mol. The van der Waals surface area contributed by atoms with Crippen molar-refractivity contribution in [2.45, 2.75) is 25.5 Å². The van der Waals surface area contributed by atoms with Crippen LogP contribution >= 0.6 is 11.8 Å². The molecule has 1 amide bonds. The predicted molar refractivity (Wildman–Crippen MR) is 120 cm³/mol. The van der Waals surface area contributed by atoms with Crippen molar-refractivity contribution in [3.8, 4) is 17.1 Å². The molecule has 4 rings (SSSR count). The van der Waals surface area contributed by atoms with Crippen molar-refractivity contribution in [1.82, 2.24) is 14.8 Å². The number of hydrogen-bond donors (Lipinski definition) is 2. The summed E-state index contributed by atoms with van der Waals surface area (Å²) in [6.07, 6.45) is 1.62. The zero-order valence-electron chi connectivity index (χ0n) is 17.2. The maximum Gasteiger partial charge on any atom is 0.234 e. The number of nitrogens with zero attached hydrogens (tertiary/aromatic N) is 3. The number of anilines is 1. The predicted octanol–water partition coefficient (Wildman–Crippen LogP) is 4.64. The van der Waals surface area contributed by atoms with E-state index in [0.29, 0.717) is 17.5 Å². The number of hydrogen-bond acceptors (Lipinski definition) is 6. The smallest absolute Gasteiger partial charge is 0.234 e. The van der Waals surface area contributed by atoms with Crippen LogP contribution in [-0.2, 0) is 11.3 Å². The van der Waals surface area contributed by atoms with Crippen LogP contribution in [0.4, 0.5) is 5.69 Å². The number of furan rings is 1. The fourth-order valence-electron chi connectivity index (χ4n) is 3.12. The monoisotopic (exact) mass is 434 g/mol. The molecule has 0 saturated heterocycles. The van der Waals surface area contributed by atoms with Gasteiger partial charge in [-0.3, -0.25) is 9.36 Å². The van der Waals surface area contributed by atoms with E-state index < -0.39 is 0 Å². The molecule has 8 heteroatoms. The van der Waals surface area contributed by atoms with Crippen LogP contribution in [0.15, 0.2) is 70.4 Å². The Balaban J connectivity index is 1.54. The Hall–Kier alpha value is -3.52. The second kappa shape index (κ2) is 9.09. The lowest BCUT2D eigenvalue weighted by Crippen LogP contribution is -2.15. The lowest BCUT2D eigenvalue weighted by molar-refractivity contribution is -0.113. The summed E-state index contributed by atoms with van der Waals surface area (Å²) in [6.45, 7) is 4.43. The molecule has 0 unspecified atom stereocenters. The SMILES string of the molecule is Cc1cccc(NC(=O)CSc2nnc(-c3ccc(O)cc3)n2Cc2ccco2)c1C. The van der Waals surface area contributed by atoms with Crippen LogP contribution < -0.4 is 5.32 Å². The van der Waals surface area contributed by atoms with E-state index in [2.05, 4.69) is 15.5 Å². The molecule has 2 N–H and O–H groups in total. The molecular formula is C23H22N4O3S. The van der Waals surface area contributed by atoms with Gasteiger partial charge in [-0.25, -0.2) is 0 Å². The molecule has 0 aliphatic carbocycles. The van der Waals surface area contributed by atoms with E-state index in [1.807, 2.05) is 48.7 Å². The van der Waals surface area contributed by atoms with Gasteiger partial charge in [-0.2, -0.15) is 0 Å².